The van der Waals surface area contributed by atoms with E-state index in [0.717, 1.165) is 4.90 Å². The van der Waals surface area contributed by atoms with Crippen LogP contribution < -0.4 is 4.90 Å². The fourth-order valence-electron chi connectivity index (χ4n) is 3.39. The molecule has 1 aromatic heterocycles. The van der Waals surface area contributed by atoms with Crippen molar-refractivity contribution < 1.29 is 23.9 Å². The summed E-state index contributed by atoms with van der Waals surface area (Å²) in [5.41, 5.74) is 0.00978. The minimum Gasteiger partial charge on any atom is -0.465 e. The number of esters is 1. The van der Waals surface area contributed by atoms with E-state index in [2.05, 4.69) is 4.74 Å². The van der Waals surface area contributed by atoms with Gasteiger partial charge in [0.25, 0.3) is 11.8 Å². The van der Waals surface area contributed by atoms with Crippen LogP contribution in [0.4, 0.5) is 5.69 Å². The van der Waals surface area contributed by atoms with E-state index in [0.29, 0.717) is 16.1 Å². The molecule has 1 fully saturated rings. The SMILES string of the molecule is COC(=O)c1ccc(N2C(=O)CC(N(C(=O)c3cccs3)C(C)(C)C)C2=O)cc1. The molecule has 0 N–H and O–H groups in total. The van der Waals surface area contributed by atoms with E-state index >= 15 is 0 Å². The predicted octanol–water partition coefficient (Wildman–Crippen LogP) is 3.11. The second-order valence-corrected chi connectivity index (χ2v) is 8.60. The quantitative estimate of drug-likeness (QED) is 0.567. The van der Waals surface area contributed by atoms with Gasteiger partial charge in [0.15, 0.2) is 0 Å². The first-order valence-electron chi connectivity index (χ1n) is 9.07. The van der Waals surface area contributed by atoms with Crippen molar-refractivity contribution in [1.82, 2.24) is 4.90 Å². The number of imide groups is 1. The highest BCUT2D eigenvalue weighted by Crippen LogP contribution is 2.31. The van der Waals surface area contributed by atoms with Gasteiger partial charge < -0.3 is 9.64 Å². The van der Waals surface area contributed by atoms with Crippen LogP contribution in [0.1, 0.15) is 47.2 Å². The van der Waals surface area contributed by atoms with Gasteiger partial charge in [0.2, 0.25) is 5.91 Å². The first kappa shape index (κ1) is 20.7. The Morgan fingerprint density at radius 3 is 2.31 bits per heavy atom. The van der Waals surface area contributed by atoms with Crippen molar-refractivity contribution >= 4 is 40.7 Å². The number of hydrogen-bond donors (Lipinski definition) is 0. The molecule has 1 atom stereocenters. The summed E-state index contributed by atoms with van der Waals surface area (Å²) in [5.74, 6) is -1.63. The van der Waals surface area contributed by atoms with Crippen LogP contribution in [-0.4, -0.2) is 47.3 Å². The average molecular weight is 414 g/mol. The number of thiophene rings is 1. The monoisotopic (exact) mass is 414 g/mol. The van der Waals surface area contributed by atoms with E-state index in [9.17, 15) is 19.2 Å². The minimum absolute atomic E-state index is 0.0913. The van der Waals surface area contributed by atoms with E-state index in [1.165, 1.54) is 47.6 Å². The third-order valence-corrected chi connectivity index (χ3v) is 5.51. The molecule has 3 amide bonds. The lowest BCUT2D eigenvalue weighted by Crippen LogP contribution is -2.54. The molecule has 1 aromatic carbocycles. The maximum atomic E-state index is 13.2. The molecular weight excluding hydrogens is 392 g/mol. The zero-order valence-electron chi connectivity index (χ0n) is 16.7. The lowest BCUT2D eigenvalue weighted by atomic mass is 10.0. The van der Waals surface area contributed by atoms with E-state index in [-0.39, 0.29) is 18.2 Å². The normalized spacial score (nSPS) is 16.8. The molecule has 0 spiro atoms. The smallest absolute Gasteiger partial charge is 0.337 e. The number of methoxy groups -OCH3 is 1. The number of anilines is 1. The Kier molecular flexibility index (Phi) is 5.57. The molecular formula is C21H22N2O5S. The van der Waals surface area contributed by atoms with Crippen molar-refractivity contribution in [2.75, 3.05) is 12.0 Å². The zero-order valence-corrected chi connectivity index (χ0v) is 17.5. The summed E-state index contributed by atoms with van der Waals surface area (Å²) in [6.07, 6.45) is -0.0913. The summed E-state index contributed by atoms with van der Waals surface area (Å²) in [5, 5.41) is 1.80. The topological polar surface area (TPSA) is 84.0 Å². The van der Waals surface area contributed by atoms with Crippen LogP contribution in [0.5, 0.6) is 0 Å². The molecule has 0 saturated carbocycles. The molecule has 29 heavy (non-hydrogen) atoms. The number of ether oxygens (including phenoxy) is 1. The predicted molar refractivity (Wildman–Crippen MR) is 109 cm³/mol. The molecule has 2 heterocycles. The molecule has 2 aromatic rings. The molecule has 7 nitrogen and oxygen atoms in total. The van der Waals surface area contributed by atoms with Gasteiger partial charge in [-0.05, 0) is 56.5 Å². The summed E-state index contributed by atoms with van der Waals surface area (Å²) in [6.45, 7) is 5.51. The Morgan fingerprint density at radius 1 is 1.14 bits per heavy atom. The summed E-state index contributed by atoms with van der Waals surface area (Å²) < 4.78 is 4.66. The third-order valence-electron chi connectivity index (χ3n) is 4.65. The van der Waals surface area contributed by atoms with Gasteiger partial charge in [-0.15, -0.1) is 11.3 Å². The standard InChI is InChI=1S/C21H22N2O5S/c1-21(2,3)23(19(26)16-6-5-11-29-16)15-12-17(24)22(18(15)25)14-9-7-13(8-10-14)20(27)28-4/h5-11,15H,12H2,1-4H3. The molecule has 0 bridgehead atoms. The van der Waals surface area contributed by atoms with Crippen LogP contribution in [0.25, 0.3) is 0 Å². The fraction of sp³-hybridized carbons (Fsp3) is 0.333. The Labute approximate surface area is 172 Å². The Morgan fingerprint density at radius 2 is 1.79 bits per heavy atom. The van der Waals surface area contributed by atoms with Crippen molar-refractivity contribution in [2.24, 2.45) is 0 Å². The maximum Gasteiger partial charge on any atom is 0.337 e. The van der Waals surface area contributed by atoms with Gasteiger partial charge >= 0.3 is 5.97 Å². The number of rotatable bonds is 4. The average Bonchev–Trinajstić information content (AvgIpc) is 3.29. The third kappa shape index (κ3) is 3.93. The van der Waals surface area contributed by atoms with E-state index in [1.807, 2.05) is 20.8 Å². The van der Waals surface area contributed by atoms with Crippen LogP contribution in [0.2, 0.25) is 0 Å². The van der Waals surface area contributed by atoms with Gasteiger partial charge in [0.05, 0.1) is 29.7 Å². The van der Waals surface area contributed by atoms with E-state index < -0.39 is 23.5 Å². The fourth-order valence-corrected chi connectivity index (χ4v) is 4.05. The van der Waals surface area contributed by atoms with Crippen molar-refractivity contribution in [3.05, 3.63) is 52.2 Å². The summed E-state index contributed by atoms with van der Waals surface area (Å²) in [4.78, 5) is 53.6. The largest absolute Gasteiger partial charge is 0.465 e. The number of carbonyl (C=O) groups is 4. The van der Waals surface area contributed by atoms with Crippen molar-refractivity contribution in [3.63, 3.8) is 0 Å². The highest BCUT2D eigenvalue weighted by Gasteiger charge is 2.47. The first-order valence-corrected chi connectivity index (χ1v) is 9.95. The number of nitrogens with zero attached hydrogens (tertiary/aromatic N) is 2. The van der Waals surface area contributed by atoms with Gasteiger partial charge in [-0.25, -0.2) is 9.69 Å². The van der Waals surface area contributed by atoms with Crippen molar-refractivity contribution in [1.29, 1.82) is 0 Å². The van der Waals surface area contributed by atoms with Gasteiger partial charge in [-0.3, -0.25) is 14.4 Å². The zero-order chi connectivity index (χ0) is 21.3. The number of carbonyl (C=O) groups excluding carboxylic acids is 4. The van der Waals surface area contributed by atoms with Crippen molar-refractivity contribution in [3.8, 4) is 0 Å². The van der Waals surface area contributed by atoms with Crippen LogP contribution in [0.15, 0.2) is 41.8 Å². The molecule has 1 aliphatic rings. The second kappa shape index (κ2) is 7.79. The Bertz CT molecular complexity index is 944. The number of amides is 3. The molecule has 1 saturated heterocycles. The Balaban J connectivity index is 1.92. The molecule has 8 heteroatoms. The lowest BCUT2D eigenvalue weighted by molar-refractivity contribution is -0.123. The summed E-state index contributed by atoms with van der Waals surface area (Å²) in [7, 11) is 1.28. The van der Waals surface area contributed by atoms with Gasteiger partial charge in [-0.1, -0.05) is 6.07 Å². The molecule has 1 aliphatic heterocycles. The second-order valence-electron chi connectivity index (χ2n) is 7.65. The Hall–Kier alpha value is -3.00. The van der Waals surface area contributed by atoms with Gasteiger partial charge in [0, 0.05) is 5.54 Å². The minimum atomic E-state index is -0.891. The van der Waals surface area contributed by atoms with Gasteiger partial charge in [0.1, 0.15) is 6.04 Å². The van der Waals surface area contributed by atoms with Crippen LogP contribution in [0, 0.1) is 0 Å². The maximum absolute atomic E-state index is 13.2. The number of hydrogen-bond acceptors (Lipinski definition) is 6. The van der Waals surface area contributed by atoms with Crippen LogP contribution in [0.3, 0.4) is 0 Å². The molecule has 1 unspecified atom stereocenters. The first-order chi connectivity index (χ1) is 13.6. The van der Waals surface area contributed by atoms with Crippen LogP contribution >= 0.6 is 11.3 Å². The van der Waals surface area contributed by atoms with Gasteiger partial charge in [-0.2, -0.15) is 0 Å². The summed E-state index contributed by atoms with van der Waals surface area (Å²) >= 11 is 1.30. The summed E-state index contributed by atoms with van der Waals surface area (Å²) in [6, 6.07) is 8.62. The highest BCUT2D eigenvalue weighted by molar-refractivity contribution is 7.12. The number of benzene rings is 1. The molecule has 0 radical (unpaired) electrons. The lowest BCUT2D eigenvalue weighted by Gasteiger charge is -2.38. The molecule has 3 rings (SSSR count). The van der Waals surface area contributed by atoms with E-state index in [4.69, 9.17) is 0 Å². The highest BCUT2D eigenvalue weighted by atomic mass is 32.1. The van der Waals surface area contributed by atoms with Crippen molar-refractivity contribution in [2.45, 2.75) is 38.8 Å². The van der Waals surface area contributed by atoms with Crippen LogP contribution in [-0.2, 0) is 14.3 Å². The molecule has 152 valence electrons. The molecule has 0 aliphatic carbocycles. The van der Waals surface area contributed by atoms with E-state index in [1.54, 1.807) is 17.5 Å².